The molecule has 18 heavy (non-hydrogen) atoms. The van der Waals surface area contributed by atoms with E-state index in [-0.39, 0.29) is 5.82 Å². The summed E-state index contributed by atoms with van der Waals surface area (Å²) in [4.78, 5) is 0. The van der Waals surface area contributed by atoms with Gasteiger partial charge in [0.2, 0.25) is 0 Å². The minimum absolute atomic E-state index is 0.301. The topological polar surface area (TPSA) is 26.0 Å². The summed E-state index contributed by atoms with van der Waals surface area (Å²) in [6.07, 6.45) is 0.443. The number of benzene rings is 2. The van der Waals surface area contributed by atoms with Gasteiger partial charge >= 0.3 is 0 Å². The van der Waals surface area contributed by atoms with E-state index >= 15 is 0 Å². The van der Waals surface area contributed by atoms with Crippen molar-refractivity contribution in [1.82, 2.24) is 0 Å². The van der Waals surface area contributed by atoms with Crippen LogP contribution < -0.4 is 5.73 Å². The van der Waals surface area contributed by atoms with E-state index in [0.29, 0.717) is 17.0 Å². The summed E-state index contributed by atoms with van der Waals surface area (Å²) in [6, 6.07) is 9.94. The fraction of sp³-hybridized carbons (Fsp3) is 0.143. The predicted molar refractivity (Wildman–Crippen MR) is 68.4 cm³/mol. The fourth-order valence-corrected chi connectivity index (χ4v) is 1.95. The third-order valence-corrected chi connectivity index (χ3v) is 2.97. The summed E-state index contributed by atoms with van der Waals surface area (Å²) in [5.41, 5.74) is 7.20. The van der Waals surface area contributed by atoms with Crippen LogP contribution in [-0.4, -0.2) is 0 Å². The second kappa shape index (κ2) is 5.46. The molecule has 0 aliphatic carbocycles. The molecule has 0 aromatic heterocycles. The van der Waals surface area contributed by atoms with E-state index in [1.165, 1.54) is 18.2 Å². The summed E-state index contributed by atoms with van der Waals surface area (Å²) in [6.45, 7) is 0. The zero-order chi connectivity index (χ0) is 13.1. The van der Waals surface area contributed by atoms with Crippen molar-refractivity contribution in [2.75, 3.05) is 0 Å². The van der Waals surface area contributed by atoms with Crippen molar-refractivity contribution >= 4 is 11.6 Å². The van der Waals surface area contributed by atoms with Gasteiger partial charge in [-0.1, -0.05) is 29.8 Å². The summed E-state index contributed by atoms with van der Waals surface area (Å²) < 4.78 is 26.4. The second-order valence-electron chi connectivity index (χ2n) is 4.10. The van der Waals surface area contributed by atoms with Crippen LogP contribution in [0.3, 0.4) is 0 Å². The van der Waals surface area contributed by atoms with Crippen LogP contribution >= 0.6 is 11.6 Å². The molecule has 0 heterocycles. The van der Waals surface area contributed by atoms with Gasteiger partial charge in [0.1, 0.15) is 11.6 Å². The Morgan fingerprint density at radius 2 is 1.72 bits per heavy atom. The molecular weight excluding hydrogens is 256 g/mol. The maximum Gasteiger partial charge on any atom is 0.129 e. The SMILES string of the molecule is NC(Cc1ccc(F)cc1)c1ccc(Cl)cc1F. The van der Waals surface area contributed by atoms with Crippen LogP contribution in [0.15, 0.2) is 42.5 Å². The van der Waals surface area contributed by atoms with E-state index in [0.717, 1.165) is 5.56 Å². The molecule has 94 valence electrons. The van der Waals surface area contributed by atoms with E-state index in [4.69, 9.17) is 17.3 Å². The maximum atomic E-state index is 13.6. The molecule has 0 saturated heterocycles. The standard InChI is InChI=1S/C14H12ClF2N/c15-10-3-6-12(13(17)8-10)14(18)7-9-1-4-11(16)5-2-9/h1-6,8,14H,7,18H2. The minimum atomic E-state index is -0.479. The summed E-state index contributed by atoms with van der Waals surface area (Å²) in [5, 5.41) is 0.338. The van der Waals surface area contributed by atoms with Crippen LogP contribution in [0.25, 0.3) is 0 Å². The number of halogens is 3. The first-order chi connectivity index (χ1) is 8.56. The monoisotopic (exact) mass is 267 g/mol. The average molecular weight is 268 g/mol. The smallest absolute Gasteiger partial charge is 0.129 e. The highest BCUT2D eigenvalue weighted by atomic mass is 35.5. The molecule has 0 aliphatic heterocycles. The highest BCUT2D eigenvalue weighted by molar-refractivity contribution is 6.30. The Balaban J connectivity index is 2.16. The zero-order valence-electron chi connectivity index (χ0n) is 9.54. The van der Waals surface area contributed by atoms with E-state index < -0.39 is 11.9 Å². The van der Waals surface area contributed by atoms with E-state index in [1.807, 2.05) is 0 Å². The lowest BCUT2D eigenvalue weighted by Gasteiger charge is -2.13. The van der Waals surface area contributed by atoms with Gasteiger partial charge in [-0.2, -0.15) is 0 Å². The normalized spacial score (nSPS) is 12.4. The molecule has 0 fully saturated rings. The first-order valence-electron chi connectivity index (χ1n) is 5.51. The molecular formula is C14H12ClF2N. The van der Waals surface area contributed by atoms with Crippen LogP contribution in [-0.2, 0) is 6.42 Å². The number of nitrogens with two attached hydrogens (primary N) is 1. The third-order valence-electron chi connectivity index (χ3n) is 2.73. The highest BCUT2D eigenvalue weighted by Crippen LogP contribution is 2.22. The Morgan fingerprint density at radius 1 is 1.06 bits per heavy atom. The van der Waals surface area contributed by atoms with Crippen molar-refractivity contribution in [2.24, 2.45) is 5.73 Å². The average Bonchev–Trinajstić information content (AvgIpc) is 2.32. The van der Waals surface area contributed by atoms with E-state index in [2.05, 4.69) is 0 Å². The highest BCUT2D eigenvalue weighted by Gasteiger charge is 2.12. The molecule has 0 aliphatic rings. The summed E-state index contributed by atoms with van der Waals surface area (Å²) >= 11 is 5.68. The molecule has 1 atom stereocenters. The molecule has 0 amide bonds. The quantitative estimate of drug-likeness (QED) is 0.898. The first kappa shape index (κ1) is 13.0. The van der Waals surface area contributed by atoms with Crippen molar-refractivity contribution in [3.05, 3.63) is 70.2 Å². The van der Waals surface area contributed by atoms with Gasteiger partial charge in [-0.25, -0.2) is 8.78 Å². The Hall–Kier alpha value is -1.45. The Kier molecular flexibility index (Phi) is 3.94. The Bertz CT molecular complexity index is 540. The van der Waals surface area contributed by atoms with E-state index in [9.17, 15) is 8.78 Å². The molecule has 0 saturated carbocycles. The molecule has 4 heteroatoms. The van der Waals surface area contributed by atoms with Crippen LogP contribution in [0.1, 0.15) is 17.2 Å². The van der Waals surface area contributed by atoms with Gasteiger partial charge in [-0.05, 0) is 36.2 Å². The lowest BCUT2D eigenvalue weighted by Crippen LogP contribution is -2.15. The van der Waals surface area contributed by atoms with Crippen LogP contribution in [0, 0.1) is 11.6 Å². The van der Waals surface area contributed by atoms with Gasteiger partial charge in [-0.15, -0.1) is 0 Å². The second-order valence-corrected chi connectivity index (χ2v) is 4.54. The van der Waals surface area contributed by atoms with Gasteiger partial charge in [0.15, 0.2) is 0 Å². The van der Waals surface area contributed by atoms with Gasteiger partial charge in [0, 0.05) is 16.6 Å². The zero-order valence-corrected chi connectivity index (χ0v) is 10.3. The number of rotatable bonds is 3. The third kappa shape index (κ3) is 3.06. The maximum absolute atomic E-state index is 13.6. The lowest BCUT2D eigenvalue weighted by molar-refractivity contribution is 0.579. The molecule has 0 radical (unpaired) electrons. The predicted octanol–water partition coefficient (Wildman–Crippen LogP) is 3.86. The Labute approximate surface area is 109 Å². The number of hydrogen-bond donors (Lipinski definition) is 1. The lowest BCUT2D eigenvalue weighted by atomic mass is 9.99. The fourth-order valence-electron chi connectivity index (χ4n) is 1.79. The van der Waals surface area contributed by atoms with Crippen LogP contribution in [0.2, 0.25) is 5.02 Å². The first-order valence-corrected chi connectivity index (χ1v) is 5.89. The van der Waals surface area contributed by atoms with Crippen LogP contribution in [0.4, 0.5) is 8.78 Å². The molecule has 1 nitrogen and oxygen atoms in total. The molecule has 0 spiro atoms. The van der Waals surface area contributed by atoms with Crippen molar-refractivity contribution in [3.63, 3.8) is 0 Å². The van der Waals surface area contributed by atoms with Gasteiger partial charge in [-0.3, -0.25) is 0 Å². The van der Waals surface area contributed by atoms with Crippen LogP contribution in [0.5, 0.6) is 0 Å². The van der Waals surface area contributed by atoms with Crippen molar-refractivity contribution < 1.29 is 8.78 Å². The minimum Gasteiger partial charge on any atom is -0.324 e. The molecule has 2 aromatic carbocycles. The van der Waals surface area contributed by atoms with Crippen molar-refractivity contribution in [1.29, 1.82) is 0 Å². The van der Waals surface area contributed by atoms with Gasteiger partial charge in [0.25, 0.3) is 0 Å². The van der Waals surface area contributed by atoms with Crippen molar-refractivity contribution in [2.45, 2.75) is 12.5 Å². The van der Waals surface area contributed by atoms with E-state index in [1.54, 1.807) is 24.3 Å². The van der Waals surface area contributed by atoms with Gasteiger partial charge in [0.05, 0.1) is 0 Å². The van der Waals surface area contributed by atoms with Gasteiger partial charge < -0.3 is 5.73 Å². The largest absolute Gasteiger partial charge is 0.324 e. The molecule has 1 unspecified atom stereocenters. The Morgan fingerprint density at radius 3 is 2.33 bits per heavy atom. The molecule has 2 N–H and O–H groups in total. The molecule has 2 aromatic rings. The summed E-state index contributed by atoms with van der Waals surface area (Å²) in [7, 11) is 0. The molecule has 2 rings (SSSR count). The molecule has 0 bridgehead atoms. The van der Waals surface area contributed by atoms with Crippen molar-refractivity contribution in [3.8, 4) is 0 Å². The summed E-state index contributed by atoms with van der Waals surface area (Å²) in [5.74, 6) is -0.720. The number of hydrogen-bond acceptors (Lipinski definition) is 1.